The van der Waals surface area contributed by atoms with Crippen molar-refractivity contribution < 1.29 is 13.2 Å². The monoisotopic (exact) mass is 307 g/mol. The molecule has 0 aliphatic rings. The summed E-state index contributed by atoms with van der Waals surface area (Å²) in [5, 5.41) is 0.361. The topological polar surface area (TPSA) is 12.9 Å². The Labute approximate surface area is 102 Å². The second kappa shape index (κ2) is 4.18. The molecule has 0 aliphatic carbocycles. The molecule has 0 spiro atoms. The van der Waals surface area contributed by atoms with Crippen LogP contribution >= 0.6 is 27.3 Å². The second-order valence-corrected chi connectivity index (χ2v) is 5.42. The van der Waals surface area contributed by atoms with E-state index in [4.69, 9.17) is 0 Å². The van der Waals surface area contributed by atoms with Crippen molar-refractivity contribution in [2.45, 2.75) is 6.18 Å². The summed E-state index contributed by atoms with van der Waals surface area (Å²) in [5.41, 5.74) is -0.539. The van der Waals surface area contributed by atoms with Crippen LogP contribution in [0.4, 0.5) is 13.2 Å². The zero-order valence-electron chi connectivity index (χ0n) is 7.75. The van der Waals surface area contributed by atoms with E-state index in [0.29, 0.717) is 8.79 Å². The van der Waals surface area contributed by atoms with E-state index in [1.165, 1.54) is 29.7 Å². The molecule has 0 saturated carbocycles. The highest BCUT2D eigenvalue weighted by atomic mass is 79.9. The molecule has 1 nitrogen and oxygen atoms in total. The van der Waals surface area contributed by atoms with Crippen molar-refractivity contribution in [1.82, 2.24) is 4.98 Å². The van der Waals surface area contributed by atoms with Crippen molar-refractivity contribution in [2.24, 2.45) is 0 Å². The predicted octanol–water partition coefficient (Wildman–Crippen LogP) is 4.59. The lowest BCUT2D eigenvalue weighted by atomic mass is 10.1. The lowest BCUT2D eigenvalue weighted by molar-refractivity contribution is -0.137. The molecular weight excluding hydrogens is 303 g/mol. The Bertz CT molecular complexity index is 507. The summed E-state index contributed by atoms with van der Waals surface area (Å²) in [6, 6.07) is 5.42. The molecule has 0 fully saturated rings. The van der Waals surface area contributed by atoms with Crippen LogP contribution in [0.5, 0.6) is 0 Å². The summed E-state index contributed by atoms with van der Waals surface area (Å²) in [6.07, 6.45) is -2.86. The van der Waals surface area contributed by atoms with Gasteiger partial charge in [0.2, 0.25) is 0 Å². The second-order valence-electron chi connectivity index (χ2n) is 3.01. The summed E-state index contributed by atoms with van der Waals surface area (Å²) in [4.78, 5) is 3.93. The molecule has 0 unspecified atom stereocenters. The minimum absolute atomic E-state index is 0.116. The summed E-state index contributed by atoms with van der Waals surface area (Å²) in [7, 11) is 0. The highest BCUT2D eigenvalue weighted by Crippen LogP contribution is 2.38. The van der Waals surface area contributed by atoms with E-state index in [9.17, 15) is 13.2 Å². The van der Waals surface area contributed by atoms with Gasteiger partial charge in [-0.1, -0.05) is 18.2 Å². The first-order valence-electron chi connectivity index (χ1n) is 4.26. The average Bonchev–Trinajstić information content (AvgIpc) is 2.64. The van der Waals surface area contributed by atoms with Crippen molar-refractivity contribution in [3.63, 3.8) is 0 Å². The summed E-state index contributed by atoms with van der Waals surface area (Å²) in [5.74, 6) is 0. The van der Waals surface area contributed by atoms with E-state index in [0.717, 1.165) is 6.07 Å². The quantitative estimate of drug-likeness (QED) is 0.751. The first-order valence-corrected chi connectivity index (χ1v) is 5.87. The molecule has 0 aliphatic heterocycles. The summed E-state index contributed by atoms with van der Waals surface area (Å²) in [6.45, 7) is 0. The molecule has 0 N–H and O–H groups in total. The van der Waals surface area contributed by atoms with Crippen LogP contribution in [0.15, 0.2) is 34.2 Å². The Morgan fingerprint density at radius 3 is 2.44 bits per heavy atom. The fourth-order valence-corrected chi connectivity index (χ4v) is 2.54. The van der Waals surface area contributed by atoms with Gasteiger partial charge in [0.05, 0.1) is 15.5 Å². The van der Waals surface area contributed by atoms with Gasteiger partial charge in [-0.2, -0.15) is 13.2 Å². The van der Waals surface area contributed by atoms with Crippen LogP contribution in [0.3, 0.4) is 0 Å². The molecule has 0 atom stereocenters. The summed E-state index contributed by atoms with van der Waals surface area (Å²) < 4.78 is 38.8. The number of aromatic nitrogens is 1. The van der Waals surface area contributed by atoms with Crippen molar-refractivity contribution in [3.8, 4) is 10.6 Å². The number of thiazole rings is 1. The average molecular weight is 308 g/mol. The van der Waals surface area contributed by atoms with Gasteiger partial charge in [-0.15, -0.1) is 11.3 Å². The van der Waals surface area contributed by atoms with Crippen LogP contribution in [0.25, 0.3) is 10.6 Å². The number of halogens is 4. The largest absolute Gasteiger partial charge is 0.417 e. The van der Waals surface area contributed by atoms with E-state index < -0.39 is 11.7 Å². The normalized spacial score (nSPS) is 11.8. The minimum Gasteiger partial charge on any atom is -0.243 e. The molecule has 0 amide bonds. The molecule has 0 saturated heterocycles. The molecular formula is C10H5BrF3NS. The molecule has 1 heterocycles. The number of benzene rings is 1. The standard InChI is InChI=1S/C10H5BrF3NS/c11-8-5-15-9(16-8)6-3-1-2-4-7(6)10(12,13)14/h1-5H. The van der Waals surface area contributed by atoms with Crippen molar-refractivity contribution in [2.75, 3.05) is 0 Å². The molecule has 84 valence electrons. The maximum atomic E-state index is 12.7. The smallest absolute Gasteiger partial charge is 0.243 e. The molecule has 0 bridgehead atoms. The SMILES string of the molecule is FC(F)(F)c1ccccc1-c1ncc(Br)s1. The highest BCUT2D eigenvalue weighted by molar-refractivity contribution is 9.11. The molecule has 2 aromatic rings. The molecule has 16 heavy (non-hydrogen) atoms. The van der Waals surface area contributed by atoms with Gasteiger partial charge in [0, 0.05) is 5.56 Å². The first kappa shape index (κ1) is 11.6. The highest BCUT2D eigenvalue weighted by Gasteiger charge is 2.33. The Balaban J connectivity index is 2.57. The Morgan fingerprint density at radius 1 is 1.19 bits per heavy atom. The minimum atomic E-state index is -4.35. The van der Waals surface area contributed by atoms with Crippen molar-refractivity contribution in [1.29, 1.82) is 0 Å². The van der Waals surface area contributed by atoms with Gasteiger partial charge >= 0.3 is 6.18 Å². The predicted molar refractivity (Wildman–Crippen MR) is 60.3 cm³/mol. The van der Waals surface area contributed by atoms with Gasteiger partial charge in [0.1, 0.15) is 5.01 Å². The fourth-order valence-electron chi connectivity index (χ4n) is 1.30. The Morgan fingerprint density at radius 2 is 1.88 bits per heavy atom. The number of alkyl halides is 3. The maximum Gasteiger partial charge on any atom is 0.417 e. The van der Waals surface area contributed by atoms with Crippen LogP contribution in [0, 0.1) is 0 Å². The first-order chi connectivity index (χ1) is 7.48. The number of hydrogen-bond acceptors (Lipinski definition) is 2. The molecule has 6 heteroatoms. The van der Waals surface area contributed by atoms with E-state index in [1.807, 2.05) is 0 Å². The third-order valence-corrected chi connectivity index (χ3v) is 3.45. The van der Waals surface area contributed by atoms with Crippen LogP contribution in [0.2, 0.25) is 0 Å². The van der Waals surface area contributed by atoms with Gasteiger partial charge in [-0.05, 0) is 22.0 Å². The van der Waals surface area contributed by atoms with Crippen LogP contribution in [-0.4, -0.2) is 4.98 Å². The van der Waals surface area contributed by atoms with Gasteiger partial charge < -0.3 is 0 Å². The molecule has 2 rings (SSSR count). The van der Waals surface area contributed by atoms with Gasteiger partial charge in [0.15, 0.2) is 0 Å². The van der Waals surface area contributed by atoms with Crippen molar-refractivity contribution >= 4 is 27.3 Å². The zero-order valence-corrected chi connectivity index (χ0v) is 10.2. The van der Waals surface area contributed by atoms with Gasteiger partial charge in [-0.25, -0.2) is 4.98 Å². The van der Waals surface area contributed by atoms with E-state index >= 15 is 0 Å². The van der Waals surface area contributed by atoms with Gasteiger partial charge in [-0.3, -0.25) is 0 Å². The molecule has 0 radical (unpaired) electrons. The van der Waals surface area contributed by atoms with Crippen LogP contribution in [0.1, 0.15) is 5.56 Å². The molecule has 1 aromatic carbocycles. The zero-order chi connectivity index (χ0) is 11.8. The lowest BCUT2D eigenvalue weighted by Gasteiger charge is -2.10. The lowest BCUT2D eigenvalue weighted by Crippen LogP contribution is -2.06. The molecule has 1 aromatic heterocycles. The number of rotatable bonds is 1. The Hall–Kier alpha value is -0.880. The Kier molecular flexibility index (Phi) is 3.03. The van der Waals surface area contributed by atoms with Crippen molar-refractivity contribution in [3.05, 3.63) is 39.8 Å². The van der Waals surface area contributed by atoms with E-state index in [2.05, 4.69) is 20.9 Å². The third kappa shape index (κ3) is 2.27. The maximum absolute atomic E-state index is 12.7. The number of nitrogens with zero attached hydrogens (tertiary/aromatic N) is 1. The fraction of sp³-hybridized carbons (Fsp3) is 0.100. The third-order valence-electron chi connectivity index (χ3n) is 1.94. The van der Waals surface area contributed by atoms with E-state index in [1.54, 1.807) is 6.07 Å². The number of hydrogen-bond donors (Lipinski definition) is 0. The van der Waals surface area contributed by atoms with E-state index in [-0.39, 0.29) is 5.56 Å². The van der Waals surface area contributed by atoms with Crippen LogP contribution < -0.4 is 0 Å². The van der Waals surface area contributed by atoms with Crippen LogP contribution in [-0.2, 0) is 6.18 Å². The summed E-state index contributed by atoms with van der Waals surface area (Å²) >= 11 is 4.36. The van der Waals surface area contributed by atoms with Gasteiger partial charge in [0.25, 0.3) is 0 Å².